The Morgan fingerprint density at radius 2 is 2.13 bits per heavy atom. The van der Waals surface area contributed by atoms with Crippen LogP contribution in [-0.4, -0.2) is 50.4 Å². The lowest BCUT2D eigenvalue weighted by atomic mass is 10.1. The first-order chi connectivity index (χ1) is 11.0. The Morgan fingerprint density at radius 3 is 2.91 bits per heavy atom. The molecule has 4 rings (SSSR count). The van der Waals surface area contributed by atoms with Crippen LogP contribution >= 0.6 is 22.9 Å². The summed E-state index contributed by atoms with van der Waals surface area (Å²) in [6, 6.07) is 0.0704. The molecule has 0 aromatic carbocycles. The molecule has 1 fully saturated rings. The van der Waals surface area contributed by atoms with Gasteiger partial charge in [0.1, 0.15) is 5.82 Å². The third kappa shape index (κ3) is 2.18. The average Bonchev–Trinajstić information content (AvgIpc) is 2.67. The first kappa shape index (κ1) is 15.0. The topological polar surface area (TPSA) is 54.3 Å². The number of halogens is 2. The van der Waals surface area contributed by atoms with Gasteiger partial charge in [0.15, 0.2) is 11.5 Å². The summed E-state index contributed by atoms with van der Waals surface area (Å²) >= 11 is 1.87. The van der Waals surface area contributed by atoms with E-state index in [1.54, 1.807) is 6.92 Å². The summed E-state index contributed by atoms with van der Waals surface area (Å²) in [5.41, 5.74) is 0.851. The standard InChI is InChI=1S/C15H15FIN5O/c1-8-12(16)10-4-3-9-7-20(2)5-6-21(9)13-11(10)14(18-8)22(17)15(23)19-13/h3-4,9H,5-7H2,1-2H3. The second kappa shape index (κ2) is 5.23. The molecule has 1 unspecified atom stereocenters. The zero-order chi connectivity index (χ0) is 16.3. The number of likely N-dealkylation sites (N-methyl/N-ethyl adjacent to an activating group) is 1. The van der Waals surface area contributed by atoms with Crippen molar-refractivity contribution in [2.24, 2.45) is 0 Å². The van der Waals surface area contributed by atoms with Crippen molar-refractivity contribution < 1.29 is 4.39 Å². The SMILES string of the molecule is Cc1nc2c3c(nc(=O)n2I)N2CCN(C)CC2C=Cc3c1F. The van der Waals surface area contributed by atoms with E-state index < -0.39 is 0 Å². The Bertz CT molecular complexity index is 909. The summed E-state index contributed by atoms with van der Waals surface area (Å²) < 4.78 is 16.0. The second-order valence-corrected chi connectivity index (χ2v) is 6.97. The molecule has 2 aromatic heterocycles. The second-order valence-electron chi connectivity index (χ2n) is 6.00. The van der Waals surface area contributed by atoms with Crippen molar-refractivity contribution in [1.29, 1.82) is 0 Å². The van der Waals surface area contributed by atoms with Crippen molar-refractivity contribution in [2.45, 2.75) is 13.0 Å². The number of hydrogen-bond acceptors (Lipinski definition) is 5. The molecule has 0 amide bonds. The molecule has 0 aliphatic carbocycles. The Balaban J connectivity index is 2.11. The normalized spacial score (nSPS) is 20.7. The van der Waals surface area contributed by atoms with Gasteiger partial charge in [0.25, 0.3) is 0 Å². The Morgan fingerprint density at radius 1 is 1.35 bits per heavy atom. The van der Waals surface area contributed by atoms with Crippen molar-refractivity contribution in [2.75, 3.05) is 31.6 Å². The first-order valence-corrected chi connectivity index (χ1v) is 8.36. The molecule has 0 spiro atoms. The monoisotopic (exact) mass is 427 g/mol. The number of aryl methyl sites for hydroxylation is 1. The molecule has 2 aliphatic heterocycles. The predicted octanol–water partition coefficient (Wildman–Crippen LogP) is 1.58. The van der Waals surface area contributed by atoms with Crippen LogP contribution < -0.4 is 10.6 Å². The molecule has 2 aromatic rings. The average molecular weight is 427 g/mol. The van der Waals surface area contributed by atoms with Crippen LogP contribution in [-0.2, 0) is 0 Å². The summed E-state index contributed by atoms with van der Waals surface area (Å²) in [6.45, 7) is 4.05. The zero-order valence-corrected chi connectivity index (χ0v) is 14.9. The van der Waals surface area contributed by atoms with Gasteiger partial charge in [0.05, 0.1) is 40.0 Å². The van der Waals surface area contributed by atoms with Crippen molar-refractivity contribution in [3.05, 3.63) is 33.6 Å². The van der Waals surface area contributed by atoms with E-state index in [1.165, 1.54) is 2.78 Å². The van der Waals surface area contributed by atoms with Crippen molar-refractivity contribution in [1.82, 2.24) is 17.6 Å². The number of hydrogen-bond donors (Lipinski definition) is 0. The fourth-order valence-electron chi connectivity index (χ4n) is 3.29. The smallest absolute Gasteiger partial charge is 0.347 e. The van der Waals surface area contributed by atoms with E-state index in [0.717, 1.165) is 19.6 Å². The maximum absolute atomic E-state index is 14.7. The van der Waals surface area contributed by atoms with Gasteiger partial charge in [0, 0.05) is 25.2 Å². The van der Waals surface area contributed by atoms with Crippen molar-refractivity contribution >= 4 is 45.8 Å². The highest BCUT2D eigenvalue weighted by Crippen LogP contribution is 2.34. The number of fused-ring (bicyclic) bond motifs is 2. The highest BCUT2D eigenvalue weighted by atomic mass is 127. The predicted molar refractivity (Wildman–Crippen MR) is 95.6 cm³/mol. The fraction of sp³-hybridized carbons (Fsp3) is 0.400. The van der Waals surface area contributed by atoms with Gasteiger partial charge in [-0.15, -0.1) is 0 Å². The van der Waals surface area contributed by atoms with E-state index >= 15 is 0 Å². The van der Waals surface area contributed by atoms with E-state index in [2.05, 4.69) is 26.8 Å². The van der Waals surface area contributed by atoms with Gasteiger partial charge >= 0.3 is 5.69 Å². The maximum atomic E-state index is 14.7. The van der Waals surface area contributed by atoms with Gasteiger partial charge in [-0.1, -0.05) is 12.2 Å². The number of piperazine rings is 1. The van der Waals surface area contributed by atoms with E-state index in [1.807, 2.05) is 35.0 Å². The summed E-state index contributed by atoms with van der Waals surface area (Å²) in [5.74, 6) is 0.197. The van der Waals surface area contributed by atoms with Gasteiger partial charge in [0.2, 0.25) is 0 Å². The molecule has 0 N–H and O–H groups in total. The van der Waals surface area contributed by atoms with Crippen LogP contribution in [0.2, 0.25) is 0 Å². The summed E-state index contributed by atoms with van der Waals surface area (Å²) in [6.07, 6.45) is 3.80. The molecule has 8 heteroatoms. The highest BCUT2D eigenvalue weighted by molar-refractivity contribution is 14.1. The molecular formula is C15H15FIN5O. The van der Waals surface area contributed by atoms with Gasteiger partial charge in [-0.3, -0.25) is 0 Å². The van der Waals surface area contributed by atoms with Crippen LogP contribution in [0, 0.1) is 12.7 Å². The number of aromatic nitrogens is 3. The van der Waals surface area contributed by atoms with Gasteiger partial charge in [-0.2, -0.15) is 4.98 Å². The van der Waals surface area contributed by atoms with Crippen molar-refractivity contribution in [3.8, 4) is 0 Å². The molecule has 1 saturated heterocycles. The molecule has 0 radical (unpaired) electrons. The highest BCUT2D eigenvalue weighted by Gasteiger charge is 2.31. The Kier molecular flexibility index (Phi) is 3.41. The minimum Gasteiger partial charge on any atom is -0.347 e. The summed E-state index contributed by atoms with van der Waals surface area (Å²) in [7, 11) is 2.06. The van der Waals surface area contributed by atoms with Crippen LogP contribution in [0.3, 0.4) is 0 Å². The fourth-order valence-corrected chi connectivity index (χ4v) is 3.74. The number of nitrogens with zero attached hydrogens (tertiary/aromatic N) is 5. The number of pyridine rings is 1. The third-order valence-electron chi connectivity index (χ3n) is 4.48. The lowest BCUT2D eigenvalue weighted by Gasteiger charge is -2.39. The minimum atomic E-state index is -0.378. The van der Waals surface area contributed by atoms with Crippen LogP contribution in [0.1, 0.15) is 11.3 Å². The van der Waals surface area contributed by atoms with Crippen LogP contribution in [0.15, 0.2) is 10.9 Å². The molecule has 2 aliphatic rings. The first-order valence-electron chi connectivity index (χ1n) is 7.40. The minimum absolute atomic E-state index is 0.0704. The molecule has 1 atom stereocenters. The molecule has 120 valence electrons. The molecule has 0 bridgehead atoms. The number of anilines is 1. The largest absolute Gasteiger partial charge is 0.360 e. The molecule has 0 saturated carbocycles. The Hall–Kier alpha value is -1.55. The van der Waals surface area contributed by atoms with Crippen LogP contribution in [0.4, 0.5) is 10.2 Å². The molecule has 23 heavy (non-hydrogen) atoms. The quantitative estimate of drug-likeness (QED) is 0.598. The molecule has 6 nitrogen and oxygen atoms in total. The molecule has 4 heterocycles. The van der Waals surface area contributed by atoms with Gasteiger partial charge < -0.3 is 9.80 Å². The van der Waals surface area contributed by atoms with Crippen molar-refractivity contribution in [3.63, 3.8) is 0 Å². The van der Waals surface area contributed by atoms with E-state index in [-0.39, 0.29) is 23.2 Å². The van der Waals surface area contributed by atoms with Gasteiger partial charge in [-0.25, -0.2) is 16.9 Å². The number of rotatable bonds is 0. The van der Waals surface area contributed by atoms with Crippen LogP contribution in [0.5, 0.6) is 0 Å². The van der Waals surface area contributed by atoms with E-state index in [9.17, 15) is 9.18 Å². The van der Waals surface area contributed by atoms with Gasteiger partial charge in [-0.05, 0) is 14.0 Å². The summed E-state index contributed by atoms with van der Waals surface area (Å²) in [4.78, 5) is 25.1. The third-order valence-corrected chi connectivity index (χ3v) is 5.35. The zero-order valence-electron chi connectivity index (χ0n) is 12.8. The van der Waals surface area contributed by atoms with E-state index in [0.29, 0.717) is 22.4 Å². The lowest BCUT2D eigenvalue weighted by Crippen LogP contribution is -2.51. The van der Waals surface area contributed by atoms with Crippen LogP contribution in [0.25, 0.3) is 17.1 Å². The maximum Gasteiger partial charge on any atom is 0.360 e. The van der Waals surface area contributed by atoms with E-state index in [4.69, 9.17) is 0 Å². The Labute approximate surface area is 146 Å². The molecular weight excluding hydrogens is 412 g/mol. The summed E-state index contributed by atoms with van der Waals surface area (Å²) in [5, 5.41) is 0.616. The lowest BCUT2D eigenvalue weighted by molar-refractivity contribution is 0.287.